The van der Waals surface area contributed by atoms with Crippen molar-refractivity contribution >= 4 is 11.6 Å². The van der Waals surface area contributed by atoms with E-state index in [2.05, 4.69) is 0 Å². The zero-order chi connectivity index (χ0) is 14.7. The molecule has 2 atom stereocenters. The largest absolute Gasteiger partial charge is 0.388 e. The fourth-order valence-electron chi connectivity index (χ4n) is 2.12. The summed E-state index contributed by atoms with van der Waals surface area (Å²) in [5.74, 6) is -1.49. The average Bonchev–Trinajstić information content (AvgIpc) is 2.41. The van der Waals surface area contributed by atoms with Crippen molar-refractivity contribution in [2.24, 2.45) is 5.73 Å². The molecule has 3 N–H and O–H groups in total. The molecule has 2 aromatic rings. The topological polar surface area (TPSA) is 46.2 Å². The van der Waals surface area contributed by atoms with Crippen LogP contribution in [0.2, 0.25) is 5.02 Å². The summed E-state index contributed by atoms with van der Waals surface area (Å²) in [6, 6.07) is 9.69. The first-order chi connectivity index (χ1) is 9.52. The molecule has 0 saturated heterocycles. The lowest BCUT2D eigenvalue weighted by atomic mass is 9.89. The van der Waals surface area contributed by atoms with Crippen LogP contribution in [0.4, 0.5) is 8.78 Å². The van der Waals surface area contributed by atoms with E-state index in [1.165, 1.54) is 36.4 Å². The van der Waals surface area contributed by atoms with Crippen LogP contribution >= 0.6 is 11.6 Å². The van der Waals surface area contributed by atoms with Crippen LogP contribution in [0.15, 0.2) is 42.5 Å². The number of aliphatic hydroxyl groups is 1. The maximum Gasteiger partial charge on any atom is 0.130 e. The third kappa shape index (κ3) is 3.15. The van der Waals surface area contributed by atoms with E-state index >= 15 is 0 Å². The molecule has 0 aromatic heterocycles. The highest BCUT2D eigenvalue weighted by Crippen LogP contribution is 2.32. The van der Waals surface area contributed by atoms with Gasteiger partial charge in [0.05, 0.1) is 6.10 Å². The number of benzene rings is 2. The number of nitrogens with two attached hydrogens (primary N) is 1. The lowest BCUT2D eigenvalue weighted by Crippen LogP contribution is -2.21. The Bertz CT molecular complexity index is 589. The molecule has 0 radical (unpaired) electrons. The lowest BCUT2D eigenvalue weighted by Gasteiger charge is -2.22. The molecule has 0 aliphatic carbocycles. The van der Waals surface area contributed by atoms with Crippen molar-refractivity contribution in [3.63, 3.8) is 0 Å². The highest BCUT2D eigenvalue weighted by molar-refractivity contribution is 6.30. The molecular formula is C15H14ClF2NO. The SMILES string of the molecule is NCC(c1ccc(F)cc1)C(O)c1ccc(Cl)cc1F. The zero-order valence-electron chi connectivity index (χ0n) is 10.6. The quantitative estimate of drug-likeness (QED) is 0.908. The smallest absolute Gasteiger partial charge is 0.130 e. The van der Waals surface area contributed by atoms with E-state index in [0.717, 1.165) is 6.07 Å². The Balaban J connectivity index is 2.33. The highest BCUT2D eigenvalue weighted by atomic mass is 35.5. The summed E-state index contributed by atoms with van der Waals surface area (Å²) in [6.07, 6.45) is -1.12. The predicted molar refractivity (Wildman–Crippen MR) is 74.6 cm³/mol. The van der Waals surface area contributed by atoms with Crippen molar-refractivity contribution in [1.29, 1.82) is 0 Å². The fraction of sp³-hybridized carbons (Fsp3) is 0.200. The van der Waals surface area contributed by atoms with Crippen LogP contribution in [0.1, 0.15) is 23.1 Å². The van der Waals surface area contributed by atoms with Gasteiger partial charge in [0.25, 0.3) is 0 Å². The predicted octanol–water partition coefficient (Wildman–Crippen LogP) is 3.39. The highest BCUT2D eigenvalue weighted by Gasteiger charge is 2.24. The van der Waals surface area contributed by atoms with Crippen LogP contribution in [0.3, 0.4) is 0 Å². The Morgan fingerprint density at radius 2 is 1.75 bits per heavy atom. The number of rotatable bonds is 4. The molecule has 5 heteroatoms. The zero-order valence-corrected chi connectivity index (χ0v) is 11.3. The van der Waals surface area contributed by atoms with Gasteiger partial charge in [0.15, 0.2) is 0 Å². The van der Waals surface area contributed by atoms with Crippen LogP contribution in [-0.4, -0.2) is 11.7 Å². The fourth-order valence-corrected chi connectivity index (χ4v) is 2.27. The molecule has 0 spiro atoms. The molecule has 0 amide bonds. The molecule has 2 unspecified atom stereocenters. The number of aliphatic hydroxyl groups excluding tert-OH is 1. The molecule has 0 saturated carbocycles. The van der Waals surface area contributed by atoms with E-state index in [0.29, 0.717) is 5.56 Å². The second-order valence-corrected chi connectivity index (χ2v) is 4.94. The standard InChI is InChI=1S/C15H14ClF2NO/c16-10-3-6-12(14(18)7-10)15(20)13(8-19)9-1-4-11(17)5-2-9/h1-7,13,15,20H,8,19H2. The van der Waals surface area contributed by atoms with Gasteiger partial charge in [0.2, 0.25) is 0 Å². The Morgan fingerprint density at radius 3 is 2.30 bits per heavy atom. The van der Waals surface area contributed by atoms with Gasteiger partial charge in [-0.2, -0.15) is 0 Å². The molecule has 0 bridgehead atoms. The van der Waals surface area contributed by atoms with Gasteiger partial charge in [-0.25, -0.2) is 8.78 Å². The van der Waals surface area contributed by atoms with E-state index in [9.17, 15) is 13.9 Å². The van der Waals surface area contributed by atoms with E-state index in [1.807, 2.05) is 0 Å². The molecule has 20 heavy (non-hydrogen) atoms. The number of halogens is 3. The van der Waals surface area contributed by atoms with E-state index in [1.54, 1.807) is 0 Å². The van der Waals surface area contributed by atoms with Crippen LogP contribution in [0.5, 0.6) is 0 Å². The van der Waals surface area contributed by atoms with Gasteiger partial charge in [0, 0.05) is 23.0 Å². The second kappa shape index (κ2) is 6.31. The van der Waals surface area contributed by atoms with Gasteiger partial charge in [-0.05, 0) is 29.8 Å². The molecule has 2 aromatic carbocycles. The van der Waals surface area contributed by atoms with Crippen molar-refractivity contribution in [3.05, 3.63) is 70.2 Å². The van der Waals surface area contributed by atoms with E-state index < -0.39 is 17.8 Å². The van der Waals surface area contributed by atoms with Crippen LogP contribution < -0.4 is 5.73 Å². The Kier molecular flexibility index (Phi) is 4.70. The van der Waals surface area contributed by atoms with Gasteiger partial charge >= 0.3 is 0 Å². The summed E-state index contributed by atoms with van der Waals surface area (Å²) >= 11 is 5.68. The molecule has 0 fully saturated rings. The third-order valence-electron chi connectivity index (χ3n) is 3.21. The molecule has 106 valence electrons. The maximum atomic E-state index is 13.8. The lowest BCUT2D eigenvalue weighted by molar-refractivity contribution is 0.143. The minimum absolute atomic E-state index is 0.106. The van der Waals surface area contributed by atoms with Crippen molar-refractivity contribution in [2.45, 2.75) is 12.0 Å². The Labute approximate surface area is 120 Å². The van der Waals surface area contributed by atoms with Gasteiger partial charge in [-0.15, -0.1) is 0 Å². The van der Waals surface area contributed by atoms with Crippen molar-refractivity contribution in [2.75, 3.05) is 6.54 Å². The van der Waals surface area contributed by atoms with Gasteiger partial charge in [-0.3, -0.25) is 0 Å². The first kappa shape index (κ1) is 14.9. The summed E-state index contributed by atoms with van der Waals surface area (Å²) in [5, 5.41) is 10.6. The van der Waals surface area contributed by atoms with Crippen molar-refractivity contribution in [1.82, 2.24) is 0 Å². The Morgan fingerprint density at radius 1 is 1.10 bits per heavy atom. The van der Waals surface area contributed by atoms with Crippen LogP contribution in [0, 0.1) is 11.6 Å². The molecule has 2 nitrogen and oxygen atoms in total. The summed E-state index contributed by atoms with van der Waals surface area (Å²) in [4.78, 5) is 0. The first-order valence-electron chi connectivity index (χ1n) is 6.11. The first-order valence-corrected chi connectivity index (χ1v) is 6.49. The summed E-state index contributed by atoms with van der Waals surface area (Å²) in [6.45, 7) is 0.106. The van der Waals surface area contributed by atoms with E-state index in [-0.39, 0.29) is 22.9 Å². The van der Waals surface area contributed by atoms with Gasteiger partial charge in [0.1, 0.15) is 11.6 Å². The van der Waals surface area contributed by atoms with Crippen LogP contribution in [-0.2, 0) is 0 Å². The maximum absolute atomic E-state index is 13.8. The van der Waals surface area contributed by atoms with Crippen molar-refractivity contribution in [3.8, 4) is 0 Å². The summed E-state index contributed by atoms with van der Waals surface area (Å²) < 4.78 is 26.8. The average molecular weight is 298 g/mol. The summed E-state index contributed by atoms with van der Waals surface area (Å²) in [5.41, 5.74) is 6.43. The molecule has 2 rings (SSSR count). The van der Waals surface area contributed by atoms with E-state index in [4.69, 9.17) is 17.3 Å². The third-order valence-corrected chi connectivity index (χ3v) is 3.45. The molecule has 0 aliphatic heterocycles. The minimum atomic E-state index is -1.12. The molecule has 0 heterocycles. The molecular weight excluding hydrogens is 284 g/mol. The van der Waals surface area contributed by atoms with Gasteiger partial charge in [-0.1, -0.05) is 29.8 Å². The minimum Gasteiger partial charge on any atom is -0.388 e. The van der Waals surface area contributed by atoms with Crippen molar-refractivity contribution < 1.29 is 13.9 Å². The molecule has 0 aliphatic rings. The summed E-state index contributed by atoms with van der Waals surface area (Å²) in [7, 11) is 0. The van der Waals surface area contributed by atoms with Gasteiger partial charge < -0.3 is 10.8 Å². The second-order valence-electron chi connectivity index (χ2n) is 4.50. The number of hydrogen-bond donors (Lipinski definition) is 2. The Hall–Kier alpha value is -1.49. The number of hydrogen-bond acceptors (Lipinski definition) is 2. The monoisotopic (exact) mass is 297 g/mol. The van der Waals surface area contributed by atoms with Crippen LogP contribution in [0.25, 0.3) is 0 Å². The normalized spacial score (nSPS) is 14.1.